The molecule has 0 aliphatic heterocycles. The van der Waals surface area contributed by atoms with E-state index in [1.165, 1.54) is 12.0 Å². The minimum Gasteiger partial charge on any atom is -0.497 e. The summed E-state index contributed by atoms with van der Waals surface area (Å²) in [5, 5.41) is 0.357. The molecule has 0 saturated carbocycles. The zero-order valence-corrected chi connectivity index (χ0v) is 11.1. The highest BCUT2D eigenvalue weighted by molar-refractivity contribution is 7.99. The van der Waals surface area contributed by atoms with E-state index in [0.29, 0.717) is 5.25 Å². The summed E-state index contributed by atoms with van der Waals surface area (Å²) in [6, 6.07) is 8.35. The lowest BCUT2D eigenvalue weighted by molar-refractivity contribution is 0.414. The summed E-state index contributed by atoms with van der Waals surface area (Å²) in [5.74, 6) is 2.05. The summed E-state index contributed by atoms with van der Waals surface area (Å²) in [4.78, 5) is 0. The van der Waals surface area contributed by atoms with E-state index in [2.05, 4.69) is 26.0 Å². The fraction of sp³-hybridized carbons (Fsp3) is 0.538. The first-order valence-corrected chi connectivity index (χ1v) is 6.75. The number of rotatable bonds is 6. The second-order valence-electron chi connectivity index (χ2n) is 3.93. The third kappa shape index (κ3) is 3.72. The lowest BCUT2D eigenvalue weighted by Gasteiger charge is -2.21. The van der Waals surface area contributed by atoms with E-state index in [0.717, 1.165) is 11.5 Å². The van der Waals surface area contributed by atoms with E-state index in [1.54, 1.807) is 7.11 Å². The van der Waals surface area contributed by atoms with Gasteiger partial charge >= 0.3 is 0 Å². The number of nitrogens with two attached hydrogens (primary N) is 1. The third-order valence-electron chi connectivity index (χ3n) is 2.40. The van der Waals surface area contributed by atoms with Crippen LogP contribution >= 0.6 is 11.8 Å². The van der Waals surface area contributed by atoms with Gasteiger partial charge in [-0.05, 0) is 36.8 Å². The number of hydrogen-bond donors (Lipinski definition) is 1. The molecule has 0 aromatic heterocycles. The molecule has 1 rings (SSSR count). The molecule has 0 saturated heterocycles. The normalized spacial score (nSPS) is 14.5. The van der Waals surface area contributed by atoms with Gasteiger partial charge in [0.2, 0.25) is 0 Å². The van der Waals surface area contributed by atoms with Gasteiger partial charge in [0.05, 0.1) is 7.11 Å². The van der Waals surface area contributed by atoms with Crippen LogP contribution in [0.25, 0.3) is 0 Å². The van der Waals surface area contributed by atoms with Gasteiger partial charge in [0.15, 0.2) is 0 Å². The molecule has 1 aromatic carbocycles. The predicted octanol–water partition coefficient (Wildman–Crippen LogP) is 3.23. The van der Waals surface area contributed by atoms with Crippen molar-refractivity contribution in [2.24, 2.45) is 5.73 Å². The molecule has 90 valence electrons. The Bertz CT molecular complexity index is 315. The van der Waals surface area contributed by atoms with E-state index >= 15 is 0 Å². The average molecular weight is 239 g/mol. The van der Waals surface area contributed by atoms with Crippen LogP contribution in [0.3, 0.4) is 0 Å². The predicted molar refractivity (Wildman–Crippen MR) is 72.1 cm³/mol. The molecule has 16 heavy (non-hydrogen) atoms. The lowest BCUT2D eigenvalue weighted by atomic mass is 10.1. The van der Waals surface area contributed by atoms with Crippen LogP contribution in [-0.4, -0.2) is 18.9 Å². The number of thioether (sulfide) groups is 1. The van der Waals surface area contributed by atoms with Crippen LogP contribution in [0.2, 0.25) is 0 Å². The van der Waals surface area contributed by atoms with Crippen molar-refractivity contribution < 1.29 is 4.74 Å². The standard InChI is InChI=1S/C13H21NOS/c1-4-8-16-13(10(2)14)11-6-5-7-12(9-11)15-3/h5-7,9-10,13H,4,8,14H2,1-3H3. The summed E-state index contributed by atoms with van der Waals surface area (Å²) in [7, 11) is 1.69. The number of methoxy groups -OCH3 is 1. The Morgan fingerprint density at radius 2 is 2.19 bits per heavy atom. The third-order valence-corrected chi connectivity index (χ3v) is 4.11. The smallest absolute Gasteiger partial charge is 0.119 e. The molecule has 0 aliphatic carbocycles. The maximum Gasteiger partial charge on any atom is 0.119 e. The van der Waals surface area contributed by atoms with Crippen LogP contribution in [0.4, 0.5) is 0 Å². The molecular weight excluding hydrogens is 218 g/mol. The molecule has 1 aromatic rings. The molecule has 0 bridgehead atoms. The SMILES string of the molecule is CCCSC(c1cccc(OC)c1)C(C)N. The second-order valence-corrected chi connectivity index (χ2v) is 5.18. The van der Waals surface area contributed by atoms with Crippen molar-refractivity contribution in [2.75, 3.05) is 12.9 Å². The van der Waals surface area contributed by atoms with Crippen LogP contribution in [-0.2, 0) is 0 Å². The molecule has 0 spiro atoms. The van der Waals surface area contributed by atoms with Crippen LogP contribution in [0.1, 0.15) is 31.1 Å². The Balaban J connectivity index is 2.82. The number of benzene rings is 1. The molecule has 3 heteroatoms. The average Bonchev–Trinajstić information content (AvgIpc) is 2.29. The van der Waals surface area contributed by atoms with E-state index in [-0.39, 0.29) is 6.04 Å². The minimum absolute atomic E-state index is 0.156. The van der Waals surface area contributed by atoms with Crippen molar-refractivity contribution in [3.8, 4) is 5.75 Å². The van der Waals surface area contributed by atoms with Crippen LogP contribution in [0.5, 0.6) is 5.75 Å². The Labute approximate surface area is 103 Å². The van der Waals surface area contributed by atoms with Gasteiger partial charge < -0.3 is 10.5 Å². The monoisotopic (exact) mass is 239 g/mol. The molecule has 0 fully saturated rings. The Morgan fingerprint density at radius 1 is 1.44 bits per heavy atom. The largest absolute Gasteiger partial charge is 0.497 e. The van der Waals surface area contributed by atoms with Crippen molar-refractivity contribution >= 4 is 11.8 Å². The van der Waals surface area contributed by atoms with Gasteiger partial charge in [-0.25, -0.2) is 0 Å². The molecule has 2 atom stereocenters. The fourth-order valence-electron chi connectivity index (χ4n) is 1.61. The van der Waals surface area contributed by atoms with Gasteiger partial charge in [-0.2, -0.15) is 11.8 Å². The van der Waals surface area contributed by atoms with Crippen LogP contribution in [0, 0.1) is 0 Å². The lowest BCUT2D eigenvalue weighted by Crippen LogP contribution is -2.22. The quantitative estimate of drug-likeness (QED) is 0.828. The van der Waals surface area contributed by atoms with Crippen molar-refractivity contribution in [3.05, 3.63) is 29.8 Å². The first kappa shape index (κ1) is 13.4. The molecule has 0 heterocycles. The van der Waals surface area contributed by atoms with E-state index in [1.807, 2.05) is 23.9 Å². The molecule has 2 nitrogen and oxygen atoms in total. The maximum absolute atomic E-state index is 6.04. The first-order chi connectivity index (χ1) is 7.69. The van der Waals surface area contributed by atoms with Crippen molar-refractivity contribution in [3.63, 3.8) is 0 Å². The van der Waals surface area contributed by atoms with Crippen LogP contribution < -0.4 is 10.5 Å². The van der Waals surface area contributed by atoms with Crippen molar-refractivity contribution in [2.45, 2.75) is 31.6 Å². The molecule has 0 amide bonds. The summed E-state index contributed by atoms with van der Waals surface area (Å²) in [6.45, 7) is 4.25. The topological polar surface area (TPSA) is 35.2 Å². The minimum atomic E-state index is 0.156. The van der Waals surface area contributed by atoms with Crippen LogP contribution in [0.15, 0.2) is 24.3 Å². The number of ether oxygens (including phenoxy) is 1. The second kappa shape index (κ2) is 6.81. The Hall–Kier alpha value is -0.670. The Kier molecular flexibility index (Phi) is 5.71. The Morgan fingerprint density at radius 3 is 2.75 bits per heavy atom. The molecular formula is C13H21NOS. The van der Waals surface area contributed by atoms with Gasteiger partial charge in [0.1, 0.15) is 5.75 Å². The van der Waals surface area contributed by atoms with Crippen molar-refractivity contribution in [1.29, 1.82) is 0 Å². The highest BCUT2D eigenvalue weighted by Crippen LogP contribution is 2.33. The van der Waals surface area contributed by atoms with Gasteiger partial charge in [-0.3, -0.25) is 0 Å². The molecule has 0 aliphatic rings. The molecule has 2 unspecified atom stereocenters. The first-order valence-electron chi connectivity index (χ1n) is 5.70. The summed E-state index contributed by atoms with van der Waals surface area (Å²) >= 11 is 1.92. The molecule has 2 N–H and O–H groups in total. The summed E-state index contributed by atoms with van der Waals surface area (Å²) in [6.07, 6.45) is 1.18. The molecule has 0 radical (unpaired) electrons. The fourth-order valence-corrected chi connectivity index (χ4v) is 2.75. The van der Waals surface area contributed by atoms with E-state index in [4.69, 9.17) is 10.5 Å². The zero-order chi connectivity index (χ0) is 12.0. The zero-order valence-electron chi connectivity index (χ0n) is 10.3. The maximum atomic E-state index is 6.04. The van der Waals surface area contributed by atoms with E-state index < -0.39 is 0 Å². The highest BCUT2D eigenvalue weighted by Gasteiger charge is 2.16. The van der Waals surface area contributed by atoms with Gasteiger partial charge in [-0.1, -0.05) is 19.1 Å². The van der Waals surface area contributed by atoms with Gasteiger partial charge in [0, 0.05) is 11.3 Å². The van der Waals surface area contributed by atoms with E-state index in [9.17, 15) is 0 Å². The highest BCUT2D eigenvalue weighted by atomic mass is 32.2. The number of hydrogen-bond acceptors (Lipinski definition) is 3. The summed E-state index contributed by atoms with van der Waals surface area (Å²) in [5.41, 5.74) is 7.30. The summed E-state index contributed by atoms with van der Waals surface area (Å²) < 4.78 is 5.24. The van der Waals surface area contributed by atoms with Crippen molar-refractivity contribution in [1.82, 2.24) is 0 Å². The van der Waals surface area contributed by atoms with Gasteiger partial charge in [0.25, 0.3) is 0 Å². The van der Waals surface area contributed by atoms with Gasteiger partial charge in [-0.15, -0.1) is 0 Å².